The number of nitrogens with zero attached hydrogens (tertiary/aromatic N) is 1. The van der Waals surface area contributed by atoms with E-state index in [4.69, 9.17) is 0 Å². The third-order valence-corrected chi connectivity index (χ3v) is 3.03. The molecule has 0 saturated heterocycles. The second kappa shape index (κ2) is 5.17. The van der Waals surface area contributed by atoms with Crippen LogP contribution < -0.4 is 0 Å². The number of rotatable bonds is 5. The molecule has 0 atom stereocenters. The normalized spacial score (nSPS) is 10.8. The summed E-state index contributed by atoms with van der Waals surface area (Å²) in [6.07, 6.45) is 5.51. The highest BCUT2D eigenvalue weighted by Crippen LogP contribution is 2.23. The number of carbonyl (C=O) groups excluding carboxylic acids is 1. The summed E-state index contributed by atoms with van der Waals surface area (Å²) in [5, 5.41) is 0.822. The molecule has 0 aliphatic rings. The van der Waals surface area contributed by atoms with E-state index in [0.717, 1.165) is 30.3 Å². The van der Waals surface area contributed by atoms with Crippen LogP contribution in [0.1, 0.15) is 30.1 Å². The van der Waals surface area contributed by atoms with E-state index in [1.807, 2.05) is 16.8 Å². The number of halogens is 1. The first-order valence-electron chi connectivity index (χ1n) is 6.03. The monoisotopic (exact) mass is 245 g/mol. The number of hydrogen-bond donors (Lipinski definition) is 0. The lowest BCUT2D eigenvalue weighted by atomic mass is 10.1. The summed E-state index contributed by atoms with van der Waals surface area (Å²) in [5.41, 5.74) is 1.44. The summed E-state index contributed by atoms with van der Waals surface area (Å²) in [4.78, 5) is 11.6. The van der Waals surface area contributed by atoms with Crippen LogP contribution in [-0.2, 0) is 6.54 Å². The van der Waals surface area contributed by atoms with Crippen LogP contribution in [0.25, 0.3) is 10.9 Å². The molecule has 1 heterocycles. The maximum absolute atomic E-state index is 13.3. The fraction of sp³-hybridized carbons (Fsp3) is 0.267. The van der Waals surface area contributed by atoms with E-state index in [9.17, 15) is 9.18 Å². The van der Waals surface area contributed by atoms with Crippen molar-refractivity contribution in [3.05, 3.63) is 48.4 Å². The predicted molar refractivity (Wildman–Crippen MR) is 71.3 cm³/mol. The van der Waals surface area contributed by atoms with Gasteiger partial charge in [0.2, 0.25) is 0 Å². The van der Waals surface area contributed by atoms with Crippen LogP contribution in [0, 0.1) is 5.82 Å². The van der Waals surface area contributed by atoms with Crippen molar-refractivity contribution in [1.29, 1.82) is 0 Å². The number of aromatic nitrogens is 1. The Balaban J connectivity index is 2.47. The molecule has 0 saturated carbocycles. The van der Waals surface area contributed by atoms with Crippen LogP contribution in [-0.4, -0.2) is 10.4 Å². The molecule has 2 nitrogen and oxygen atoms in total. The third-order valence-electron chi connectivity index (χ3n) is 3.03. The zero-order valence-corrected chi connectivity index (χ0v) is 10.4. The smallest absolute Gasteiger partial charge is 0.161 e. The van der Waals surface area contributed by atoms with Crippen molar-refractivity contribution < 1.29 is 9.18 Å². The van der Waals surface area contributed by atoms with Gasteiger partial charge in [0.1, 0.15) is 5.82 Å². The van der Waals surface area contributed by atoms with Gasteiger partial charge in [-0.25, -0.2) is 4.39 Å². The number of carbonyl (C=O) groups is 1. The summed E-state index contributed by atoms with van der Waals surface area (Å²) in [5.74, 6) is -0.269. The largest absolute Gasteiger partial charge is 0.347 e. The predicted octanol–water partition coefficient (Wildman–Crippen LogP) is 3.95. The molecule has 0 N–H and O–H groups in total. The van der Waals surface area contributed by atoms with Gasteiger partial charge in [0, 0.05) is 23.7 Å². The number of fused-ring (bicyclic) bond motifs is 1. The van der Waals surface area contributed by atoms with Gasteiger partial charge < -0.3 is 4.57 Å². The highest BCUT2D eigenvalue weighted by atomic mass is 19.1. The molecule has 2 aromatic rings. The summed E-state index contributed by atoms with van der Waals surface area (Å²) >= 11 is 0. The van der Waals surface area contributed by atoms with Crippen molar-refractivity contribution in [2.45, 2.75) is 26.3 Å². The minimum Gasteiger partial charge on any atom is -0.347 e. The zero-order valence-electron chi connectivity index (χ0n) is 10.4. The van der Waals surface area contributed by atoms with E-state index in [-0.39, 0.29) is 11.6 Å². The van der Waals surface area contributed by atoms with E-state index in [2.05, 4.69) is 6.58 Å². The highest BCUT2D eigenvalue weighted by molar-refractivity contribution is 6.06. The van der Waals surface area contributed by atoms with Gasteiger partial charge in [-0.2, -0.15) is 0 Å². The zero-order chi connectivity index (χ0) is 13.1. The number of hydrogen-bond acceptors (Lipinski definition) is 1. The second-order valence-corrected chi connectivity index (χ2v) is 4.38. The van der Waals surface area contributed by atoms with Crippen LogP contribution in [0.15, 0.2) is 37.1 Å². The third kappa shape index (κ3) is 2.35. The topological polar surface area (TPSA) is 22.0 Å². The van der Waals surface area contributed by atoms with Gasteiger partial charge in [-0.05, 0) is 38.0 Å². The van der Waals surface area contributed by atoms with E-state index in [0.29, 0.717) is 5.56 Å². The molecule has 0 radical (unpaired) electrons. The van der Waals surface area contributed by atoms with Crippen LogP contribution in [0.5, 0.6) is 0 Å². The van der Waals surface area contributed by atoms with Gasteiger partial charge >= 0.3 is 0 Å². The van der Waals surface area contributed by atoms with Gasteiger partial charge in [0.15, 0.2) is 5.78 Å². The minimum absolute atomic E-state index is 0.00841. The standard InChI is InChI=1S/C15H16FNO/c1-3-4-5-8-17-10-14(11(2)18)13-7-6-12(16)9-15(13)17/h3,6-7,9-10H,1,4-5,8H2,2H3. The second-order valence-electron chi connectivity index (χ2n) is 4.38. The van der Waals surface area contributed by atoms with Crippen molar-refractivity contribution >= 4 is 16.7 Å². The van der Waals surface area contributed by atoms with E-state index < -0.39 is 0 Å². The molecule has 0 spiro atoms. The van der Waals surface area contributed by atoms with Gasteiger partial charge in [-0.1, -0.05) is 6.08 Å². The van der Waals surface area contributed by atoms with Crippen molar-refractivity contribution in [2.24, 2.45) is 0 Å². The first-order valence-corrected chi connectivity index (χ1v) is 6.03. The average molecular weight is 245 g/mol. The van der Waals surface area contributed by atoms with Crippen molar-refractivity contribution in [1.82, 2.24) is 4.57 Å². The van der Waals surface area contributed by atoms with E-state index in [1.165, 1.54) is 19.1 Å². The summed E-state index contributed by atoms with van der Waals surface area (Å²) in [7, 11) is 0. The van der Waals surface area contributed by atoms with E-state index >= 15 is 0 Å². The Morgan fingerprint density at radius 2 is 2.28 bits per heavy atom. The molecular weight excluding hydrogens is 229 g/mol. The number of aryl methyl sites for hydroxylation is 1. The molecular formula is C15H16FNO. The lowest BCUT2D eigenvalue weighted by Gasteiger charge is -2.03. The molecule has 0 amide bonds. The maximum Gasteiger partial charge on any atom is 0.161 e. The summed E-state index contributed by atoms with van der Waals surface area (Å²) in [6, 6.07) is 4.55. The van der Waals surface area contributed by atoms with Crippen LogP contribution in [0.2, 0.25) is 0 Å². The van der Waals surface area contributed by atoms with Gasteiger partial charge in [-0.15, -0.1) is 6.58 Å². The van der Waals surface area contributed by atoms with Crippen molar-refractivity contribution in [3.63, 3.8) is 0 Å². The lowest BCUT2D eigenvalue weighted by molar-refractivity contribution is 0.101. The molecule has 3 heteroatoms. The number of ketones is 1. The molecule has 0 bridgehead atoms. The lowest BCUT2D eigenvalue weighted by Crippen LogP contribution is -1.96. The fourth-order valence-electron chi connectivity index (χ4n) is 2.14. The van der Waals surface area contributed by atoms with Crippen LogP contribution in [0.3, 0.4) is 0 Å². The fourth-order valence-corrected chi connectivity index (χ4v) is 2.14. The molecule has 1 aromatic carbocycles. The summed E-state index contributed by atoms with van der Waals surface area (Å²) in [6.45, 7) is 5.98. The molecule has 0 fully saturated rings. The summed E-state index contributed by atoms with van der Waals surface area (Å²) < 4.78 is 15.2. The van der Waals surface area contributed by atoms with Crippen molar-refractivity contribution in [3.8, 4) is 0 Å². The quantitative estimate of drug-likeness (QED) is 0.444. The number of allylic oxidation sites excluding steroid dienone is 1. The number of benzene rings is 1. The van der Waals surface area contributed by atoms with Gasteiger partial charge in [0.05, 0.1) is 5.52 Å². The Bertz CT molecular complexity index is 598. The van der Waals surface area contributed by atoms with Crippen LogP contribution >= 0.6 is 0 Å². The van der Waals surface area contributed by atoms with Gasteiger partial charge in [0.25, 0.3) is 0 Å². The Kier molecular flexibility index (Phi) is 3.60. The molecule has 18 heavy (non-hydrogen) atoms. The average Bonchev–Trinajstić information content (AvgIpc) is 2.68. The highest BCUT2D eigenvalue weighted by Gasteiger charge is 2.12. The Morgan fingerprint density at radius 1 is 1.50 bits per heavy atom. The molecule has 94 valence electrons. The first-order chi connectivity index (χ1) is 8.63. The molecule has 0 unspecified atom stereocenters. The SMILES string of the molecule is C=CCCCn1cc(C(C)=O)c2ccc(F)cc21. The maximum atomic E-state index is 13.3. The molecule has 0 aliphatic heterocycles. The first kappa shape index (κ1) is 12.6. The van der Waals surface area contributed by atoms with E-state index in [1.54, 1.807) is 6.07 Å². The number of unbranched alkanes of at least 4 members (excludes halogenated alkanes) is 1. The molecule has 2 rings (SSSR count). The Morgan fingerprint density at radius 3 is 2.94 bits per heavy atom. The Hall–Kier alpha value is -1.90. The molecule has 1 aromatic heterocycles. The molecule has 0 aliphatic carbocycles. The van der Waals surface area contributed by atoms with Gasteiger partial charge in [-0.3, -0.25) is 4.79 Å². The van der Waals surface area contributed by atoms with Crippen molar-refractivity contribution in [2.75, 3.05) is 0 Å². The Labute approximate surface area is 106 Å². The number of Topliss-reactive ketones (excluding diaryl/α,β-unsaturated/α-hetero) is 1. The van der Waals surface area contributed by atoms with Crippen LogP contribution in [0.4, 0.5) is 4.39 Å². The minimum atomic E-state index is -0.277.